The Morgan fingerprint density at radius 3 is 2.05 bits per heavy atom. The lowest BCUT2D eigenvalue weighted by molar-refractivity contribution is 0.0188. The number of phenols is 1. The van der Waals surface area contributed by atoms with Gasteiger partial charge >= 0.3 is 5.97 Å². The zero-order valence-corrected chi connectivity index (χ0v) is 19.6. The first-order valence-corrected chi connectivity index (χ1v) is 11.6. The topological polar surface area (TPSA) is 55.8 Å². The minimum absolute atomic E-state index is 0.0458. The maximum atomic E-state index is 15.0. The lowest BCUT2D eigenvalue weighted by Gasteiger charge is -2.29. The van der Waals surface area contributed by atoms with Gasteiger partial charge in [-0.1, -0.05) is 12.1 Å². The Labute approximate surface area is 208 Å². The second-order valence-corrected chi connectivity index (χ2v) is 8.64. The van der Waals surface area contributed by atoms with Crippen molar-refractivity contribution < 1.29 is 45.7 Å². The summed E-state index contributed by atoms with van der Waals surface area (Å²) in [6, 6.07) is 6.49. The normalized spacial score (nSPS) is 17.5. The molecule has 10 heteroatoms. The predicted octanol–water partition coefficient (Wildman–Crippen LogP) is 7.18. The number of ether oxygens (including phenoxy) is 2. The quantitative estimate of drug-likeness (QED) is 0.274. The Morgan fingerprint density at radius 2 is 1.41 bits per heavy atom. The zero-order valence-electron chi connectivity index (χ0n) is 19.6. The molecule has 0 unspecified atom stereocenters. The van der Waals surface area contributed by atoms with Gasteiger partial charge in [0.05, 0.1) is 12.2 Å². The van der Waals surface area contributed by atoms with Crippen LogP contribution in [0.4, 0.5) is 26.3 Å². The Hall–Kier alpha value is -3.69. The van der Waals surface area contributed by atoms with Gasteiger partial charge in [-0.15, -0.1) is 0 Å². The van der Waals surface area contributed by atoms with E-state index < -0.39 is 75.3 Å². The molecule has 37 heavy (non-hydrogen) atoms. The molecule has 0 bridgehead atoms. The average molecular weight is 524 g/mol. The fourth-order valence-electron chi connectivity index (χ4n) is 4.50. The van der Waals surface area contributed by atoms with Crippen LogP contribution in [0, 0.1) is 34.9 Å². The Kier molecular flexibility index (Phi) is 7.65. The first kappa shape index (κ1) is 26.4. The van der Waals surface area contributed by atoms with Gasteiger partial charge in [-0.3, -0.25) is 0 Å². The molecule has 0 heterocycles. The second-order valence-electron chi connectivity index (χ2n) is 8.64. The van der Waals surface area contributed by atoms with Gasteiger partial charge in [-0.05, 0) is 68.4 Å². The van der Waals surface area contributed by atoms with E-state index in [4.69, 9.17) is 9.47 Å². The number of rotatable bonds is 6. The summed E-state index contributed by atoms with van der Waals surface area (Å²) in [4.78, 5) is 12.2. The van der Waals surface area contributed by atoms with Gasteiger partial charge in [0, 0.05) is 11.1 Å². The molecular formula is C27H22F6O4. The maximum absolute atomic E-state index is 15.0. The van der Waals surface area contributed by atoms with E-state index in [1.807, 2.05) is 0 Å². The molecule has 0 spiro atoms. The molecule has 4 rings (SSSR count). The third-order valence-electron chi connectivity index (χ3n) is 6.42. The van der Waals surface area contributed by atoms with Crippen molar-refractivity contribution in [3.63, 3.8) is 0 Å². The molecule has 0 amide bonds. The lowest BCUT2D eigenvalue weighted by atomic mass is 9.82. The van der Waals surface area contributed by atoms with Gasteiger partial charge in [0.15, 0.2) is 34.8 Å². The molecule has 4 nitrogen and oxygen atoms in total. The van der Waals surface area contributed by atoms with Crippen molar-refractivity contribution in [1.82, 2.24) is 0 Å². The third-order valence-corrected chi connectivity index (χ3v) is 6.42. The van der Waals surface area contributed by atoms with Crippen molar-refractivity contribution >= 4 is 5.97 Å². The molecule has 1 aliphatic rings. The fraction of sp³-hybridized carbons (Fsp3) is 0.296. The van der Waals surface area contributed by atoms with E-state index in [1.54, 1.807) is 6.92 Å². The molecule has 0 saturated heterocycles. The van der Waals surface area contributed by atoms with Crippen LogP contribution in [0.1, 0.15) is 54.4 Å². The van der Waals surface area contributed by atoms with E-state index in [2.05, 4.69) is 0 Å². The van der Waals surface area contributed by atoms with E-state index in [0.717, 1.165) is 24.3 Å². The van der Waals surface area contributed by atoms with E-state index in [1.165, 1.54) is 12.1 Å². The lowest BCUT2D eigenvalue weighted by Crippen LogP contribution is -2.25. The van der Waals surface area contributed by atoms with Gasteiger partial charge in [0.2, 0.25) is 11.6 Å². The second kappa shape index (κ2) is 10.7. The summed E-state index contributed by atoms with van der Waals surface area (Å²) >= 11 is 0. The highest BCUT2D eigenvalue weighted by atomic mass is 19.2. The summed E-state index contributed by atoms with van der Waals surface area (Å²) in [5, 5.41) is 9.18. The summed E-state index contributed by atoms with van der Waals surface area (Å²) in [7, 11) is 0. The van der Waals surface area contributed by atoms with Gasteiger partial charge in [0.1, 0.15) is 6.10 Å². The maximum Gasteiger partial charge on any atom is 0.341 e. The first-order chi connectivity index (χ1) is 17.6. The number of esters is 1. The van der Waals surface area contributed by atoms with E-state index >= 15 is 4.39 Å². The third kappa shape index (κ3) is 5.10. The van der Waals surface area contributed by atoms with Gasteiger partial charge in [0.25, 0.3) is 0 Å². The molecule has 196 valence electrons. The van der Waals surface area contributed by atoms with Crippen molar-refractivity contribution in [2.45, 2.75) is 44.6 Å². The van der Waals surface area contributed by atoms with E-state index in [9.17, 15) is 31.9 Å². The molecule has 1 fully saturated rings. The van der Waals surface area contributed by atoms with Gasteiger partial charge in [-0.2, -0.15) is 8.78 Å². The van der Waals surface area contributed by atoms with Crippen LogP contribution in [-0.2, 0) is 4.74 Å². The molecule has 0 aromatic heterocycles. The molecule has 0 aliphatic heterocycles. The zero-order chi connectivity index (χ0) is 26.9. The van der Waals surface area contributed by atoms with Crippen LogP contribution < -0.4 is 4.74 Å². The highest BCUT2D eigenvalue weighted by Gasteiger charge is 2.30. The number of aromatic hydroxyl groups is 1. The van der Waals surface area contributed by atoms with Crippen LogP contribution in [0.2, 0.25) is 0 Å². The number of carbonyl (C=O) groups is 1. The molecule has 3 aromatic carbocycles. The largest absolute Gasteiger partial charge is 0.505 e. The highest BCUT2D eigenvalue weighted by molar-refractivity contribution is 5.90. The molecule has 3 aromatic rings. The number of hydrogen-bond donors (Lipinski definition) is 1. The predicted molar refractivity (Wildman–Crippen MR) is 121 cm³/mol. The van der Waals surface area contributed by atoms with Crippen LogP contribution in [0.15, 0.2) is 36.4 Å². The number of phenolic OH excluding ortho intramolecular Hbond substituents is 1. The number of hydrogen-bond acceptors (Lipinski definition) is 4. The van der Waals surface area contributed by atoms with Crippen molar-refractivity contribution in [3.8, 4) is 22.6 Å². The van der Waals surface area contributed by atoms with Crippen molar-refractivity contribution in [2.24, 2.45) is 0 Å². The first-order valence-electron chi connectivity index (χ1n) is 11.6. The van der Waals surface area contributed by atoms with Crippen LogP contribution in [0.5, 0.6) is 11.5 Å². The Balaban J connectivity index is 1.46. The molecule has 0 atom stereocenters. The standard InChI is InChI=1S/C27H22F6O4/c1-2-36-20-12-10-17(23(30)26(20)33)16-8-7-15(21(28)22(16)29)13-3-5-14(6-4-13)37-27(35)18-9-11-19(34)25(32)24(18)31/h7-14,34H,2-6H2,1H3. The molecule has 1 aliphatic carbocycles. The molecular weight excluding hydrogens is 502 g/mol. The van der Waals surface area contributed by atoms with Crippen molar-refractivity contribution in [2.75, 3.05) is 6.61 Å². The average Bonchev–Trinajstić information content (AvgIpc) is 2.88. The Bertz CT molecular complexity index is 1340. The van der Waals surface area contributed by atoms with Crippen LogP contribution in [0.3, 0.4) is 0 Å². The summed E-state index contributed by atoms with van der Waals surface area (Å²) in [5.74, 6) is -11.1. The van der Waals surface area contributed by atoms with Crippen molar-refractivity contribution in [1.29, 1.82) is 0 Å². The van der Waals surface area contributed by atoms with Gasteiger partial charge < -0.3 is 14.6 Å². The highest BCUT2D eigenvalue weighted by Crippen LogP contribution is 2.39. The minimum Gasteiger partial charge on any atom is -0.505 e. The molecule has 0 radical (unpaired) electrons. The van der Waals surface area contributed by atoms with Gasteiger partial charge in [-0.25, -0.2) is 22.4 Å². The minimum atomic E-state index is -1.56. The molecule has 1 saturated carbocycles. The number of carbonyl (C=O) groups excluding carboxylic acids is 1. The van der Waals surface area contributed by atoms with E-state index in [-0.39, 0.29) is 30.8 Å². The van der Waals surface area contributed by atoms with Crippen molar-refractivity contribution in [3.05, 3.63) is 82.4 Å². The van der Waals surface area contributed by atoms with Crippen LogP contribution in [0.25, 0.3) is 11.1 Å². The summed E-state index contributed by atoms with van der Waals surface area (Å²) < 4.78 is 96.4. The monoisotopic (exact) mass is 524 g/mol. The fourth-order valence-corrected chi connectivity index (χ4v) is 4.50. The summed E-state index contributed by atoms with van der Waals surface area (Å²) in [6.07, 6.45) is 0.437. The smallest absolute Gasteiger partial charge is 0.341 e. The SMILES string of the molecule is CCOc1ccc(-c2ccc(C3CCC(OC(=O)c4ccc(O)c(F)c4F)CC3)c(F)c2F)c(F)c1F. The molecule has 1 N–H and O–H groups in total. The van der Waals surface area contributed by atoms with E-state index in [0.29, 0.717) is 12.8 Å². The Morgan fingerprint density at radius 1 is 0.784 bits per heavy atom. The van der Waals surface area contributed by atoms with Crippen LogP contribution >= 0.6 is 0 Å². The number of halogens is 6. The summed E-state index contributed by atoms with van der Waals surface area (Å²) in [6.45, 7) is 1.69. The number of benzene rings is 3. The van der Waals surface area contributed by atoms with Crippen LogP contribution in [-0.4, -0.2) is 23.8 Å². The summed E-state index contributed by atoms with van der Waals surface area (Å²) in [5.41, 5.74) is -1.51.